The van der Waals surface area contributed by atoms with Crippen LogP contribution in [0.4, 0.5) is 0 Å². The summed E-state index contributed by atoms with van der Waals surface area (Å²) in [4.78, 5) is 5.33. The molecule has 6 heteroatoms. The summed E-state index contributed by atoms with van der Waals surface area (Å²) >= 11 is 8.89. The normalized spacial score (nSPS) is 11.2. The first-order valence-electron chi connectivity index (χ1n) is 3.86. The second-order valence-electron chi connectivity index (χ2n) is 2.73. The van der Waals surface area contributed by atoms with E-state index in [1.54, 1.807) is 10.0 Å². The van der Waals surface area contributed by atoms with E-state index < -0.39 is 0 Å². The number of rotatable bonds is 1. The Morgan fingerprint density at radius 1 is 1.36 bits per heavy atom. The lowest BCUT2D eigenvalue weighted by molar-refractivity contribution is 0.974. The Labute approximate surface area is 92.6 Å². The molecule has 0 spiro atoms. The van der Waals surface area contributed by atoms with Gasteiger partial charge in [-0.1, -0.05) is 22.9 Å². The van der Waals surface area contributed by atoms with Crippen LogP contribution >= 0.6 is 34.3 Å². The zero-order valence-electron chi connectivity index (χ0n) is 6.85. The number of halogens is 1. The second-order valence-corrected chi connectivity index (χ2v) is 5.09. The van der Waals surface area contributed by atoms with Crippen molar-refractivity contribution in [3.8, 4) is 11.3 Å². The molecule has 0 aliphatic carbocycles. The van der Waals surface area contributed by atoms with Crippen molar-refractivity contribution in [3.63, 3.8) is 0 Å². The second kappa shape index (κ2) is 3.05. The van der Waals surface area contributed by atoms with Crippen LogP contribution in [0.1, 0.15) is 0 Å². The predicted molar refractivity (Wildman–Crippen MR) is 59.2 cm³/mol. The summed E-state index contributed by atoms with van der Waals surface area (Å²) in [5, 5.41) is 6.11. The van der Waals surface area contributed by atoms with Gasteiger partial charge in [-0.25, -0.2) is 9.50 Å². The van der Waals surface area contributed by atoms with E-state index in [1.165, 1.54) is 22.7 Å². The molecule has 3 rings (SSSR count). The van der Waals surface area contributed by atoms with E-state index in [-0.39, 0.29) is 0 Å². The molecule has 0 saturated heterocycles. The molecule has 0 atom stereocenters. The highest BCUT2D eigenvalue weighted by molar-refractivity contribution is 7.15. The first kappa shape index (κ1) is 8.40. The summed E-state index contributed by atoms with van der Waals surface area (Å²) < 4.78 is 2.55. The molecule has 0 aliphatic rings. The quantitative estimate of drug-likeness (QED) is 0.655. The molecule has 0 unspecified atom stereocenters. The Balaban J connectivity index is 2.18. The zero-order valence-corrected chi connectivity index (χ0v) is 9.23. The highest BCUT2D eigenvalue weighted by atomic mass is 35.5. The molecule has 0 bridgehead atoms. The molecule has 3 heterocycles. The monoisotopic (exact) mass is 241 g/mol. The van der Waals surface area contributed by atoms with Gasteiger partial charge in [0.15, 0.2) is 0 Å². The summed E-state index contributed by atoms with van der Waals surface area (Å²) in [6, 6.07) is 1.92. The van der Waals surface area contributed by atoms with Gasteiger partial charge >= 0.3 is 0 Å². The molecule has 3 nitrogen and oxygen atoms in total. The number of nitrogens with zero attached hydrogens (tertiary/aromatic N) is 3. The van der Waals surface area contributed by atoms with E-state index in [4.69, 9.17) is 11.6 Å². The van der Waals surface area contributed by atoms with Crippen LogP contribution in [-0.4, -0.2) is 14.6 Å². The Morgan fingerprint density at radius 3 is 3.00 bits per heavy atom. The molecule has 0 aliphatic heterocycles. The average Bonchev–Trinajstić information content (AvgIpc) is 2.75. The van der Waals surface area contributed by atoms with Gasteiger partial charge in [0.25, 0.3) is 0 Å². The molecule has 3 aromatic heterocycles. The largest absolute Gasteiger partial charge is 0.217 e. The molecule has 0 aromatic carbocycles. The molecule has 70 valence electrons. The van der Waals surface area contributed by atoms with Crippen LogP contribution in [-0.2, 0) is 0 Å². The SMILES string of the molecule is Clc1cc(-c2cn3ncsc3n2)cs1. The first-order chi connectivity index (χ1) is 6.83. The van der Waals surface area contributed by atoms with E-state index in [2.05, 4.69) is 10.1 Å². The molecular weight excluding hydrogens is 238 g/mol. The van der Waals surface area contributed by atoms with Crippen molar-refractivity contribution in [3.05, 3.63) is 27.5 Å². The van der Waals surface area contributed by atoms with Crippen molar-refractivity contribution < 1.29 is 0 Å². The van der Waals surface area contributed by atoms with E-state index in [9.17, 15) is 0 Å². The molecular formula is C8H4ClN3S2. The Kier molecular flexibility index (Phi) is 1.83. The molecule has 14 heavy (non-hydrogen) atoms. The van der Waals surface area contributed by atoms with Gasteiger partial charge in [0.05, 0.1) is 16.2 Å². The Bertz CT molecular complexity index is 551. The fourth-order valence-corrected chi connectivity index (χ4v) is 2.70. The minimum absolute atomic E-state index is 0.782. The van der Waals surface area contributed by atoms with Crippen LogP contribution in [0.5, 0.6) is 0 Å². The molecule has 0 radical (unpaired) electrons. The van der Waals surface area contributed by atoms with Crippen molar-refractivity contribution in [2.45, 2.75) is 0 Å². The van der Waals surface area contributed by atoms with E-state index >= 15 is 0 Å². The lowest BCUT2D eigenvalue weighted by atomic mass is 10.3. The molecule has 0 fully saturated rings. The third kappa shape index (κ3) is 1.25. The van der Waals surface area contributed by atoms with Crippen molar-refractivity contribution in [2.75, 3.05) is 0 Å². The number of imidazole rings is 1. The lowest BCUT2D eigenvalue weighted by Gasteiger charge is -1.85. The zero-order chi connectivity index (χ0) is 9.54. The fraction of sp³-hybridized carbons (Fsp3) is 0. The predicted octanol–water partition coefficient (Wildman–Crippen LogP) is 3.17. The van der Waals surface area contributed by atoms with Gasteiger partial charge in [-0.15, -0.1) is 11.3 Å². The Morgan fingerprint density at radius 2 is 2.29 bits per heavy atom. The molecule has 0 N–H and O–H groups in total. The van der Waals surface area contributed by atoms with Gasteiger partial charge in [0.2, 0.25) is 4.96 Å². The first-order valence-corrected chi connectivity index (χ1v) is 6.00. The topological polar surface area (TPSA) is 30.2 Å². The van der Waals surface area contributed by atoms with Crippen LogP contribution < -0.4 is 0 Å². The highest BCUT2D eigenvalue weighted by Crippen LogP contribution is 2.28. The number of hydrogen-bond donors (Lipinski definition) is 0. The third-order valence-electron chi connectivity index (χ3n) is 1.85. The maximum Gasteiger partial charge on any atom is 0.212 e. The van der Waals surface area contributed by atoms with Crippen LogP contribution in [0.25, 0.3) is 16.2 Å². The summed E-state index contributed by atoms with van der Waals surface area (Å²) in [7, 11) is 0. The van der Waals surface area contributed by atoms with Gasteiger partial charge in [0.1, 0.15) is 5.51 Å². The van der Waals surface area contributed by atoms with Crippen molar-refractivity contribution >= 4 is 39.2 Å². The maximum absolute atomic E-state index is 5.85. The lowest BCUT2D eigenvalue weighted by Crippen LogP contribution is -1.75. The van der Waals surface area contributed by atoms with Gasteiger partial charge in [-0.05, 0) is 6.07 Å². The van der Waals surface area contributed by atoms with Crippen LogP contribution in [0.15, 0.2) is 23.2 Å². The number of thiophene rings is 1. The standard InChI is InChI=1S/C8H4ClN3S2/c9-7-1-5(3-13-7)6-2-12-8(11-6)14-4-10-12/h1-4H. The van der Waals surface area contributed by atoms with Gasteiger partial charge < -0.3 is 0 Å². The third-order valence-corrected chi connectivity index (χ3v) is 3.63. The summed E-state index contributed by atoms with van der Waals surface area (Å²) in [6.07, 6.45) is 1.91. The maximum atomic E-state index is 5.85. The molecule has 3 aromatic rings. The number of aromatic nitrogens is 3. The Hall–Kier alpha value is -0.910. The van der Waals surface area contributed by atoms with Gasteiger partial charge in [-0.2, -0.15) is 5.10 Å². The van der Waals surface area contributed by atoms with Gasteiger partial charge in [0, 0.05) is 10.9 Å². The van der Waals surface area contributed by atoms with Crippen molar-refractivity contribution in [1.82, 2.24) is 14.6 Å². The summed E-state index contributed by atoms with van der Waals surface area (Å²) in [5.41, 5.74) is 3.75. The van der Waals surface area contributed by atoms with Crippen molar-refractivity contribution in [2.24, 2.45) is 0 Å². The van der Waals surface area contributed by atoms with E-state index in [0.29, 0.717) is 0 Å². The van der Waals surface area contributed by atoms with Crippen molar-refractivity contribution in [1.29, 1.82) is 0 Å². The highest BCUT2D eigenvalue weighted by Gasteiger charge is 2.07. The average molecular weight is 242 g/mol. The van der Waals surface area contributed by atoms with E-state index in [0.717, 1.165) is 20.6 Å². The minimum atomic E-state index is 0.782. The fourth-order valence-electron chi connectivity index (χ4n) is 1.22. The van der Waals surface area contributed by atoms with Crippen LogP contribution in [0.3, 0.4) is 0 Å². The minimum Gasteiger partial charge on any atom is -0.217 e. The summed E-state index contributed by atoms with van der Waals surface area (Å²) in [5.74, 6) is 0. The van der Waals surface area contributed by atoms with Gasteiger partial charge in [-0.3, -0.25) is 0 Å². The number of fused-ring (bicyclic) bond motifs is 1. The van der Waals surface area contributed by atoms with E-state index in [1.807, 2.05) is 17.6 Å². The van der Waals surface area contributed by atoms with Crippen LogP contribution in [0.2, 0.25) is 4.34 Å². The molecule has 0 saturated carbocycles. The number of hydrogen-bond acceptors (Lipinski definition) is 4. The summed E-state index contributed by atoms with van der Waals surface area (Å²) in [6.45, 7) is 0. The van der Waals surface area contributed by atoms with Crippen LogP contribution in [0, 0.1) is 0 Å². The smallest absolute Gasteiger partial charge is 0.212 e. The molecule has 0 amide bonds.